The van der Waals surface area contributed by atoms with E-state index in [0.717, 1.165) is 16.8 Å². The van der Waals surface area contributed by atoms with E-state index in [0.29, 0.717) is 11.6 Å². The van der Waals surface area contributed by atoms with E-state index in [-0.39, 0.29) is 0 Å². The molecule has 1 aromatic heterocycles. The number of thiazole rings is 1. The summed E-state index contributed by atoms with van der Waals surface area (Å²) in [5.41, 5.74) is 2.85. The Labute approximate surface area is 138 Å². The third kappa shape index (κ3) is 3.96. The van der Waals surface area contributed by atoms with Crippen LogP contribution >= 0.6 is 11.3 Å². The minimum Gasteiger partial charge on any atom is -0.480 e. The van der Waals surface area contributed by atoms with Crippen molar-refractivity contribution in [3.63, 3.8) is 0 Å². The summed E-state index contributed by atoms with van der Waals surface area (Å²) in [6.45, 7) is 0. The van der Waals surface area contributed by atoms with Gasteiger partial charge in [-0.25, -0.2) is 9.78 Å². The maximum Gasteiger partial charge on any atom is 0.326 e. The van der Waals surface area contributed by atoms with Crippen LogP contribution in [0, 0.1) is 0 Å². The summed E-state index contributed by atoms with van der Waals surface area (Å²) in [4.78, 5) is 16.0. The van der Waals surface area contributed by atoms with E-state index < -0.39 is 12.0 Å². The van der Waals surface area contributed by atoms with Crippen molar-refractivity contribution in [2.75, 3.05) is 5.32 Å². The first-order valence-electron chi connectivity index (χ1n) is 7.26. The standard InChI is InChI=1S/C18H16N2O2S/c21-17(22)15(11-13-7-3-1-4-8-13)19-18-20-16(12-23-18)14-9-5-2-6-10-14/h1-10,12,15H,11H2,(H,19,20)(H,21,22). The van der Waals surface area contributed by atoms with Crippen LogP contribution in [0.15, 0.2) is 66.0 Å². The Balaban J connectivity index is 1.74. The van der Waals surface area contributed by atoms with Crippen LogP contribution in [0.4, 0.5) is 5.13 Å². The van der Waals surface area contributed by atoms with E-state index in [1.54, 1.807) is 0 Å². The molecule has 0 spiro atoms. The Morgan fingerprint density at radius 1 is 1.09 bits per heavy atom. The second kappa shape index (κ2) is 7.07. The number of carboxylic acids is 1. The summed E-state index contributed by atoms with van der Waals surface area (Å²) in [6.07, 6.45) is 0.413. The summed E-state index contributed by atoms with van der Waals surface area (Å²) in [7, 11) is 0. The highest BCUT2D eigenvalue weighted by Gasteiger charge is 2.19. The van der Waals surface area contributed by atoms with Gasteiger partial charge < -0.3 is 10.4 Å². The third-order valence-corrected chi connectivity index (χ3v) is 4.23. The molecule has 1 atom stereocenters. The lowest BCUT2D eigenvalue weighted by molar-refractivity contribution is -0.137. The van der Waals surface area contributed by atoms with Gasteiger partial charge in [-0.05, 0) is 5.56 Å². The van der Waals surface area contributed by atoms with Crippen LogP contribution in [-0.2, 0) is 11.2 Å². The summed E-state index contributed by atoms with van der Waals surface area (Å²) >= 11 is 1.42. The monoisotopic (exact) mass is 324 g/mol. The molecule has 0 amide bonds. The molecule has 0 bridgehead atoms. The third-order valence-electron chi connectivity index (χ3n) is 3.45. The van der Waals surface area contributed by atoms with Crippen LogP contribution < -0.4 is 5.32 Å². The van der Waals surface area contributed by atoms with Crippen molar-refractivity contribution < 1.29 is 9.90 Å². The number of aliphatic carboxylic acids is 1. The van der Waals surface area contributed by atoms with Gasteiger partial charge >= 0.3 is 5.97 Å². The molecule has 1 heterocycles. The van der Waals surface area contributed by atoms with E-state index in [1.165, 1.54) is 11.3 Å². The van der Waals surface area contributed by atoms with Gasteiger partial charge in [-0.2, -0.15) is 0 Å². The molecule has 1 unspecified atom stereocenters. The number of anilines is 1. The van der Waals surface area contributed by atoms with Gasteiger partial charge in [0.1, 0.15) is 6.04 Å². The highest BCUT2D eigenvalue weighted by atomic mass is 32.1. The first-order valence-corrected chi connectivity index (χ1v) is 8.14. The minimum absolute atomic E-state index is 0.413. The Morgan fingerprint density at radius 3 is 2.39 bits per heavy atom. The number of hydrogen-bond donors (Lipinski definition) is 2. The molecule has 0 aliphatic rings. The molecule has 0 fully saturated rings. The van der Waals surface area contributed by atoms with Gasteiger partial charge in [-0.1, -0.05) is 60.7 Å². The molecule has 3 rings (SSSR count). The highest BCUT2D eigenvalue weighted by Crippen LogP contribution is 2.25. The summed E-state index contributed by atoms with van der Waals surface area (Å²) in [6, 6.07) is 18.7. The molecule has 4 nitrogen and oxygen atoms in total. The number of benzene rings is 2. The number of hydrogen-bond acceptors (Lipinski definition) is 4. The van der Waals surface area contributed by atoms with E-state index in [2.05, 4.69) is 10.3 Å². The number of nitrogens with zero attached hydrogens (tertiary/aromatic N) is 1. The lowest BCUT2D eigenvalue weighted by Gasteiger charge is -2.13. The SMILES string of the molecule is O=C(O)C(Cc1ccccc1)Nc1nc(-c2ccccc2)cs1. The minimum atomic E-state index is -0.884. The van der Waals surface area contributed by atoms with Crippen LogP contribution in [0.3, 0.4) is 0 Å². The number of aromatic nitrogens is 1. The van der Waals surface area contributed by atoms with Crippen molar-refractivity contribution in [2.45, 2.75) is 12.5 Å². The average molecular weight is 324 g/mol. The van der Waals surface area contributed by atoms with Crippen molar-refractivity contribution in [1.29, 1.82) is 0 Å². The molecule has 0 aliphatic heterocycles. The Hall–Kier alpha value is -2.66. The number of carboxylic acid groups (broad SMARTS) is 1. The van der Waals surface area contributed by atoms with Crippen LogP contribution in [0.5, 0.6) is 0 Å². The van der Waals surface area contributed by atoms with Gasteiger partial charge in [-0.15, -0.1) is 11.3 Å². The zero-order valence-corrected chi connectivity index (χ0v) is 13.2. The molecule has 0 radical (unpaired) electrons. The van der Waals surface area contributed by atoms with Crippen LogP contribution in [0.1, 0.15) is 5.56 Å². The fourth-order valence-corrected chi connectivity index (χ4v) is 3.05. The first kappa shape index (κ1) is 15.2. The van der Waals surface area contributed by atoms with Gasteiger partial charge in [0.25, 0.3) is 0 Å². The number of carbonyl (C=O) groups is 1. The molecule has 3 aromatic rings. The predicted octanol–water partition coefficient (Wildman–Crippen LogP) is 3.92. The normalized spacial score (nSPS) is 11.8. The summed E-state index contributed by atoms with van der Waals surface area (Å²) in [5.74, 6) is -0.884. The highest BCUT2D eigenvalue weighted by molar-refractivity contribution is 7.14. The Bertz CT molecular complexity index is 772. The average Bonchev–Trinajstić information content (AvgIpc) is 3.04. The fourth-order valence-electron chi connectivity index (χ4n) is 2.28. The van der Waals surface area contributed by atoms with Crippen molar-refractivity contribution in [1.82, 2.24) is 4.98 Å². The van der Waals surface area contributed by atoms with Crippen molar-refractivity contribution in [2.24, 2.45) is 0 Å². The predicted molar refractivity (Wildman–Crippen MR) is 92.7 cm³/mol. The maximum atomic E-state index is 11.5. The molecular formula is C18H16N2O2S. The first-order chi connectivity index (χ1) is 11.2. The topological polar surface area (TPSA) is 62.2 Å². The van der Waals surface area contributed by atoms with Crippen LogP contribution in [-0.4, -0.2) is 22.1 Å². The lowest BCUT2D eigenvalue weighted by atomic mass is 10.1. The molecule has 5 heteroatoms. The smallest absolute Gasteiger partial charge is 0.326 e. The zero-order valence-electron chi connectivity index (χ0n) is 12.3. The van der Waals surface area contributed by atoms with E-state index in [1.807, 2.05) is 66.0 Å². The molecule has 23 heavy (non-hydrogen) atoms. The van der Waals surface area contributed by atoms with Crippen LogP contribution in [0.25, 0.3) is 11.3 Å². The van der Waals surface area contributed by atoms with Gasteiger partial charge in [0.2, 0.25) is 0 Å². The molecule has 116 valence electrons. The lowest BCUT2D eigenvalue weighted by Crippen LogP contribution is -2.31. The van der Waals surface area contributed by atoms with Crippen molar-refractivity contribution >= 4 is 22.4 Å². The van der Waals surface area contributed by atoms with E-state index in [4.69, 9.17) is 0 Å². The number of nitrogens with one attached hydrogen (secondary N) is 1. The molecule has 0 aliphatic carbocycles. The summed E-state index contributed by atoms with van der Waals surface area (Å²) in [5, 5.41) is 15.0. The number of rotatable bonds is 6. The van der Waals surface area contributed by atoms with Gasteiger partial charge in [-0.3, -0.25) is 0 Å². The summed E-state index contributed by atoms with van der Waals surface area (Å²) < 4.78 is 0. The Morgan fingerprint density at radius 2 is 1.74 bits per heavy atom. The van der Waals surface area contributed by atoms with Gasteiger partial charge in [0, 0.05) is 17.4 Å². The quantitative estimate of drug-likeness (QED) is 0.721. The largest absolute Gasteiger partial charge is 0.480 e. The molecule has 0 saturated heterocycles. The molecular weight excluding hydrogens is 308 g/mol. The van der Waals surface area contributed by atoms with E-state index in [9.17, 15) is 9.90 Å². The van der Waals surface area contributed by atoms with Crippen molar-refractivity contribution in [3.8, 4) is 11.3 Å². The Kier molecular flexibility index (Phi) is 4.68. The molecule has 2 N–H and O–H groups in total. The fraction of sp³-hybridized carbons (Fsp3) is 0.111. The maximum absolute atomic E-state index is 11.5. The van der Waals surface area contributed by atoms with Crippen LogP contribution in [0.2, 0.25) is 0 Å². The second-order valence-electron chi connectivity index (χ2n) is 5.13. The van der Waals surface area contributed by atoms with Crippen molar-refractivity contribution in [3.05, 3.63) is 71.6 Å². The molecule has 2 aromatic carbocycles. The van der Waals surface area contributed by atoms with E-state index >= 15 is 0 Å². The van der Waals surface area contributed by atoms with Gasteiger partial charge in [0.15, 0.2) is 5.13 Å². The molecule has 0 saturated carbocycles. The second-order valence-corrected chi connectivity index (χ2v) is 5.99. The zero-order chi connectivity index (χ0) is 16.1. The van der Waals surface area contributed by atoms with Gasteiger partial charge in [0.05, 0.1) is 5.69 Å².